The van der Waals surface area contributed by atoms with E-state index in [9.17, 15) is 14.0 Å². The maximum Gasteiger partial charge on any atom is 0.265 e. The second-order valence-electron chi connectivity index (χ2n) is 6.70. The Morgan fingerprint density at radius 3 is 2.72 bits per heavy atom. The van der Waals surface area contributed by atoms with Gasteiger partial charge in [-0.1, -0.05) is 18.2 Å². The molecule has 0 unspecified atom stereocenters. The van der Waals surface area contributed by atoms with E-state index in [1.165, 1.54) is 29.2 Å². The molecule has 2 aromatic rings. The smallest absolute Gasteiger partial charge is 0.265 e. The van der Waals surface area contributed by atoms with Gasteiger partial charge in [-0.2, -0.15) is 0 Å². The molecule has 0 bridgehead atoms. The van der Waals surface area contributed by atoms with Crippen molar-refractivity contribution in [3.8, 4) is 11.5 Å². The molecule has 166 valence electrons. The van der Waals surface area contributed by atoms with Gasteiger partial charge >= 0.3 is 0 Å². The number of halogens is 2. The van der Waals surface area contributed by atoms with Crippen molar-refractivity contribution in [2.24, 2.45) is 0 Å². The van der Waals surface area contributed by atoms with Crippen LogP contribution in [0.3, 0.4) is 0 Å². The zero-order chi connectivity index (χ0) is 23.3. The third-order valence-corrected chi connectivity index (χ3v) is 5.32. The molecule has 0 aromatic heterocycles. The minimum Gasteiger partial charge on any atom is -0.490 e. The Labute approximate surface area is 198 Å². The number of hydrogen-bond donors (Lipinski definition) is 1. The van der Waals surface area contributed by atoms with E-state index in [-0.39, 0.29) is 29.7 Å². The quantitative estimate of drug-likeness (QED) is 0.243. The van der Waals surface area contributed by atoms with Crippen LogP contribution in [0.1, 0.15) is 18.1 Å². The molecule has 0 spiro atoms. The van der Waals surface area contributed by atoms with Crippen LogP contribution < -0.4 is 14.8 Å². The van der Waals surface area contributed by atoms with Crippen molar-refractivity contribution in [3.63, 3.8) is 0 Å². The van der Waals surface area contributed by atoms with Gasteiger partial charge in [-0.3, -0.25) is 19.8 Å². The van der Waals surface area contributed by atoms with Crippen LogP contribution in [-0.4, -0.2) is 35.0 Å². The van der Waals surface area contributed by atoms with Crippen LogP contribution in [0.2, 0.25) is 0 Å². The summed E-state index contributed by atoms with van der Waals surface area (Å²) < 4.78 is 25.6. The SMILES string of the molecule is C=CCN1C(=O)/C(=C/c2cc(Br)c(OCc3cccc(F)c3)c(OCC)c2)C(=O)NC1=S. The normalized spacial score (nSPS) is 15.0. The highest BCUT2D eigenvalue weighted by Crippen LogP contribution is 2.38. The Bertz CT molecular complexity index is 1120. The van der Waals surface area contributed by atoms with Crippen LogP contribution in [0.5, 0.6) is 11.5 Å². The molecule has 1 N–H and O–H groups in total. The third kappa shape index (κ3) is 5.41. The van der Waals surface area contributed by atoms with Gasteiger partial charge < -0.3 is 9.47 Å². The highest BCUT2D eigenvalue weighted by atomic mass is 79.9. The Balaban J connectivity index is 1.92. The Kier molecular flexibility index (Phi) is 7.76. The molecule has 0 radical (unpaired) electrons. The Morgan fingerprint density at radius 1 is 1.25 bits per heavy atom. The number of ether oxygens (including phenoxy) is 2. The predicted molar refractivity (Wildman–Crippen MR) is 127 cm³/mol. The molecule has 1 fully saturated rings. The highest BCUT2D eigenvalue weighted by molar-refractivity contribution is 9.10. The van der Waals surface area contributed by atoms with Crippen LogP contribution in [-0.2, 0) is 16.2 Å². The molecule has 1 saturated heterocycles. The summed E-state index contributed by atoms with van der Waals surface area (Å²) in [6.45, 7) is 6.10. The second-order valence-corrected chi connectivity index (χ2v) is 7.94. The molecular formula is C23H20BrFN2O4S. The summed E-state index contributed by atoms with van der Waals surface area (Å²) in [5.74, 6) is -0.614. The topological polar surface area (TPSA) is 67.9 Å². The van der Waals surface area contributed by atoms with Gasteiger partial charge in [0.2, 0.25) is 0 Å². The van der Waals surface area contributed by atoms with Gasteiger partial charge in [0.15, 0.2) is 16.6 Å². The number of nitrogens with zero attached hydrogens (tertiary/aromatic N) is 1. The van der Waals surface area contributed by atoms with Crippen molar-refractivity contribution < 1.29 is 23.5 Å². The molecule has 6 nitrogen and oxygen atoms in total. The number of benzene rings is 2. The van der Waals surface area contributed by atoms with Gasteiger partial charge in [0, 0.05) is 6.54 Å². The van der Waals surface area contributed by atoms with Crippen molar-refractivity contribution in [3.05, 3.63) is 76.0 Å². The summed E-state index contributed by atoms with van der Waals surface area (Å²) >= 11 is 8.52. The molecule has 3 rings (SSSR count). The van der Waals surface area contributed by atoms with E-state index in [1.807, 2.05) is 6.92 Å². The number of carbonyl (C=O) groups is 2. The van der Waals surface area contributed by atoms with Gasteiger partial charge in [0.25, 0.3) is 11.8 Å². The number of thiocarbonyl (C=S) groups is 1. The summed E-state index contributed by atoms with van der Waals surface area (Å²) in [7, 11) is 0. The third-order valence-electron chi connectivity index (χ3n) is 4.41. The fraction of sp³-hybridized carbons (Fsp3) is 0.174. The first-order chi connectivity index (χ1) is 15.3. The van der Waals surface area contributed by atoms with Crippen molar-refractivity contribution in [1.29, 1.82) is 0 Å². The monoisotopic (exact) mass is 518 g/mol. The zero-order valence-corrected chi connectivity index (χ0v) is 19.6. The fourth-order valence-corrected chi connectivity index (χ4v) is 3.84. The zero-order valence-electron chi connectivity index (χ0n) is 17.2. The molecule has 2 amide bonds. The lowest BCUT2D eigenvalue weighted by Crippen LogP contribution is -2.53. The van der Waals surface area contributed by atoms with E-state index < -0.39 is 11.8 Å². The van der Waals surface area contributed by atoms with Gasteiger partial charge in [-0.15, -0.1) is 6.58 Å². The lowest BCUT2D eigenvalue weighted by Gasteiger charge is -2.27. The maximum absolute atomic E-state index is 13.4. The number of amides is 2. The molecule has 0 atom stereocenters. The molecule has 2 aromatic carbocycles. The largest absolute Gasteiger partial charge is 0.490 e. The summed E-state index contributed by atoms with van der Waals surface area (Å²) in [4.78, 5) is 26.4. The number of nitrogens with one attached hydrogen (secondary N) is 1. The van der Waals surface area contributed by atoms with E-state index >= 15 is 0 Å². The molecule has 1 aliphatic heterocycles. The Hall–Kier alpha value is -3.04. The van der Waals surface area contributed by atoms with Crippen LogP contribution in [0, 0.1) is 5.82 Å². The van der Waals surface area contributed by atoms with Gasteiger partial charge in [0.05, 0.1) is 11.1 Å². The number of carbonyl (C=O) groups excluding carboxylic acids is 2. The average molecular weight is 519 g/mol. The van der Waals surface area contributed by atoms with Gasteiger partial charge in [0.1, 0.15) is 18.0 Å². The molecule has 9 heteroatoms. The van der Waals surface area contributed by atoms with Gasteiger partial charge in [-0.05, 0) is 76.5 Å². The summed E-state index contributed by atoms with van der Waals surface area (Å²) in [5.41, 5.74) is 1.14. The van der Waals surface area contributed by atoms with E-state index in [4.69, 9.17) is 21.7 Å². The molecule has 1 aliphatic rings. The summed E-state index contributed by atoms with van der Waals surface area (Å²) in [6.07, 6.45) is 2.98. The van der Waals surface area contributed by atoms with Crippen molar-refractivity contribution in [2.75, 3.05) is 13.2 Å². The van der Waals surface area contributed by atoms with E-state index in [0.29, 0.717) is 33.7 Å². The minimum absolute atomic E-state index is 0.0364. The van der Waals surface area contributed by atoms with Gasteiger partial charge in [-0.25, -0.2) is 4.39 Å². The maximum atomic E-state index is 13.4. The molecular weight excluding hydrogens is 499 g/mol. The molecule has 1 heterocycles. The molecule has 0 aliphatic carbocycles. The van der Waals surface area contributed by atoms with Crippen LogP contribution >= 0.6 is 28.1 Å². The number of rotatable bonds is 8. The van der Waals surface area contributed by atoms with Crippen LogP contribution in [0.4, 0.5) is 4.39 Å². The van der Waals surface area contributed by atoms with Crippen LogP contribution in [0.15, 0.2) is 59.1 Å². The van der Waals surface area contributed by atoms with Crippen molar-refractivity contribution >= 4 is 51.2 Å². The molecule has 32 heavy (non-hydrogen) atoms. The van der Waals surface area contributed by atoms with E-state index in [1.54, 1.807) is 24.3 Å². The summed E-state index contributed by atoms with van der Waals surface area (Å²) in [5, 5.41) is 2.54. The standard InChI is InChI=1S/C23H20BrFN2O4S/c1-3-8-27-22(29)17(21(28)26-23(27)32)10-15-11-18(24)20(19(12-15)30-4-2)31-13-14-6-5-7-16(25)9-14/h3,5-7,9-12H,1,4,8,13H2,2H3,(H,26,28,32)/b17-10+. The second kappa shape index (κ2) is 10.5. The minimum atomic E-state index is -0.583. The van der Waals surface area contributed by atoms with E-state index in [2.05, 4.69) is 27.8 Å². The average Bonchev–Trinajstić information content (AvgIpc) is 2.74. The number of hydrogen-bond acceptors (Lipinski definition) is 5. The first-order valence-electron chi connectivity index (χ1n) is 9.67. The van der Waals surface area contributed by atoms with Crippen LogP contribution in [0.25, 0.3) is 6.08 Å². The lowest BCUT2D eigenvalue weighted by atomic mass is 10.1. The molecule has 0 saturated carbocycles. The summed E-state index contributed by atoms with van der Waals surface area (Å²) in [6, 6.07) is 9.46. The lowest BCUT2D eigenvalue weighted by molar-refractivity contribution is -0.128. The van der Waals surface area contributed by atoms with Crippen molar-refractivity contribution in [1.82, 2.24) is 10.2 Å². The first kappa shape index (κ1) is 23.6. The first-order valence-corrected chi connectivity index (χ1v) is 10.9. The predicted octanol–water partition coefficient (Wildman–Crippen LogP) is 4.38. The fourth-order valence-electron chi connectivity index (χ4n) is 3.01. The Morgan fingerprint density at radius 2 is 2.03 bits per heavy atom. The van der Waals surface area contributed by atoms with Crippen molar-refractivity contribution in [2.45, 2.75) is 13.5 Å². The van der Waals surface area contributed by atoms with E-state index in [0.717, 1.165) is 0 Å². The highest BCUT2D eigenvalue weighted by Gasteiger charge is 2.32.